The first-order valence-corrected chi connectivity index (χ1v) is 11.9. The first kappa shape index (κ1) is 20.0. The second-order valence-electron chi connectivity index (χ2n) is 9.21. The van der Waals surface area contributed by atoms with Gasteiger partial charge in [-0.3, -0.25) is 4.55 Å². The number of hydrogen-bond acceptors (Lipinski definition) is 7. The van der Waals surface area contributed by atoms with Gasteiger partial charge in [0.1, 0.15) is 0 Å². The van der Waals surface area contributed by atoms with Gasteiger partial charge in [0.25, 0.3) is 10.1 Å². The van der Waals surface area contributed by atoms with E-state index in [2.05, 4.69) is 0 Å². The van der Waals surface area contributed by atoms with Gasteiger partial charge in [-0.15, -0.1) is 0 Å². The Morgan fingerprint density at radius 3 is 2.04 bits per heavy atom. The van der Waals surface area contributed by atoms with Gasteiger partial charge in [0.2, 0.25) is 11.6 Å². The van der Waals surface area contributed by atoms with Crippen molar-refractivity contribution in [3.05, 3.63) is 0 Å². The Kier molecular flexibility index (Phi) is 5.33. The van der Waals surface area contributed by atoms with Crippen molar-refractivity contribution in [3.8, 4) is 0 Å². The molecule has 6 rings (SSSR count). The molecular formula is C18H31NO7S. The lowest BCUT2D eigenvalue weighted by atomic mass is 9.53. The molecule has 0 aromatic carbocycles. The molecule has 0 radical (unpaired) electrons. The van der Waals surface area contributed by atoms with Crippen molar-refractivity contribution in [2.45, 2.75) is 69.4 Å². The maximum atomic E-state index is 9.19. The zero-order valence-electron chi connectivity index (χ0n) is 15.8. The standard InChI is InChI=1S/C17H27NO4.CH4O3S/c18-19-10-11-1-3-16(4-2-11)20-17(22-21-16)14-6-12-5-13(8-14)9-15(17)7-12;1-5(2,3)4/h11-15H,1-10,18H2;1H3,(H,2,3,4). The molecule has 0 unspecified atom stereocenters. The van der Waals surface area contributed by atoms with E-state index in [4.69, 9.17) is 29.8 Å². The quantitative estimate of drug-likeness (QED) is 0.408. The van der Waals surface area contributed by atoms with Crippen LogP contribution < -0.4 is 5.90 Å². The van der Waals surface area contributed by atoms with Crippen molar-refractivity contribution in [1.82, 2.24) is 0 Å². The van der Waals surface area contributed by atoms with Crippen LogP contribution in [-0.2, 0) is 29.5 Å². The molecule has 156 valence electrons. The van der Waals surface area contributed by atoms with E-state index in [-0.39, 0.29) is 0 Å². The highest BCUT2D eigenvalue weighted by molar-refractivity contribution is 7.85. The van der Waals surface area contributed by atoms with Crippen LogP contribution in [0.2, 0.25) is 0 Å². The van der Waals surface area contributed by atoms with Gasteiger partial charge >= 0.3 is 0 Å². The summed E-state index contributed by atoms with van der Waals surface area (Å²) in [4.78, 5) is 16.7. The van der Waals surface area contributed by atoms with Crippen LogP contribution in [0.25, 0.3) is 0 Å². The lowest BCUT2D eigenvalue weighted by Gasteiger charge is -2.57. The molecule has 0 aromatic heterocycles. The molecule has 0 aromatic rings. The maximum absolute atomic E-state index is 9.19. The van der Waals surface area contributed by atoms with Gasteiger partial charge < -0.3 is 9.57 Å². The minimum absolute atomic E-state index is 0.426. The highest BCUT2D eigenvalue weighted by Crippen LogP contribution is 2.63. The first-order valence-electron chi connectivity index (χ1n) is 10.0. The second kappa shape index (κ2) is 7.19. The molecule has 0 atom stereocenters. The molecule has 4 bridgehead atoms. The molecule has 0 amide bonds. The maximum Gasteiger partial charge on any atom is 0.261 e. The third kappa shape index (κ3) is 4.05. The molecule has 5 saturated carbocycles. The minimum Gasteiger partial charge on any atom is -0.312 e. The topological polar surface area (TPSA) is 117 Å². The average molecular weight is 406 g/mol. The van der Waals surface area contributed by atoms with Crippen molar-refractivity contribution in [3.63, 3.8) is 0 Å². The summed E-state index contributed by atoms with van der Waals surface area (Å²) in [6.45, 7) is 0.636. The van der Waals surface area contributed by atoms with Gasteiger partial charge in [0.05, 0.1) is 12.9 Å². The van der Waals surface area contributed by atoms with Crippen molar-refractivity contribution < 1.29 is 32.3 Å². The van der Waals surface area contributed by atoms with E-state index in [1.807, 2.05) is 0 Å². The zero-order chi connectivity index (χ0) is 19.3. The monoisotopic (exact) mass is 405 g/mol. The van der Waals surface area contributed by atoms with Crippen LogP contribution in [-0.4, -0.2) is 37.4 Å². The highest BCUT2D eigenvalue weighted by Gasteiger charge is 2.66. The van der Waals surface area contributed by atoms with E-state index < -0.39 is 21.7 Å². The summed E-state index contributed by atoms with van der Waals surface area (Å²) >= 11 is 0. The molecule has 6 fully saturated rings. The molecular weight excluding hydrogens is 374 g/mol. The van der Waals surface area contributed by atoms with Crippen LogP contribution in [0.3, 0.4) is 0 Å². The number of rotatable bonds is 2. The largest absolute Gasteiger partial charge is 0.312 e. The van der Waals surface area contributed by atoms with Crippen LogP contribution in [0, 0.1) is 29.6 Å². The molecule has 2 spiro atoms. The summed E-state index contributed by atoms with van der Waals surface area (Å²) in [5.74, 6) is 7.73. The lowest BCUT2D eigenvalue weighted by Crippen LogP contribution is -2.59. The van der Waals surface area contributed by atoms with Gasteiger partial charge in [-0.1, -0.05) is 0 Å². The number of ether oxygens (including phenoxy) is 1. The molecule has 3 N–H and O–H groups in total. The van der Waals surface area contributed by atoms with Crippen LogP contribution in [0.1, 0.15) is 57.8 Å². The van der Waals surface area contributed by atoms with Gasteiger partial charge in [0, 0.05) is 24.7 Å². The molecule has 5 aliphatic carbocycles. The second-order valence-corrected chi connectivity index (χ2v) is 10.7. The highest BCUT2D eigenvalue weighted by atomic mass is 32.2. The predicted molar refractivity (Wildman–Crippen MR) is 95.3 cm³/mol. The Morgan fingerprint density at radius 2 is 1.56 bits per heavy atom. The van der Waals surface area contributed by atoms with Gasteiger partial charge in [-0.25, -0.2) is 5.90 Å². The summed E-state index contributed by atoms with van der Waals surface area (Å²) in [6, 6.07) is 0. The molecule has 9 heteroatoms. The fraction of sp³-hybridized carbons (Fsp3) is 1.00. The third-order valence-corrected chi connectivity index (χ3v) is 7.14. The van der Waals surface area contributed by atoms with Crippen LogP contribution in [0.15, 0.2) is 0 Å². The third-order valence-electron chi connectivity index (χ3n) is 7.14. The van der Waals surface area contributed by atoms with E-state index in [1.54, 1.807) is 0 Å². The van der Waals surface area contributed by atoms with Crippen molar-refractivity contribution in [2.24, 2.45) is 35.5 Å². The summed E-state index contributed by atoms with van der Waals surface area (Å²) in [6.07, 6.45) is 11.1. The SMILES string of the molecule is CS(=O)(=O)O.NOCC1CCC2(CC1)OOC1(O2)C2CC3CC(C2)CC1C3. The summed E-state index contributed by atoms with van der Waals surface area (Å²) < 4.78 is 32.5. The minimum atomic E-state index is -3.67. The van der Waals surface area contributed by atoms with E-state index in [0.29, 0.717) is 30.6 Å². The molecule has 1 saturated heterocycles. The fourth-order valence-electron chi connectivity index (χ4n) is 6.22. The number of nitrogens with two attached hydrogens (primary N) is 1. The lowest BCUT2D eigenvalue weighted by molar-refractivity contribution is -0.390. The summed E-state index contributed by atoms with van der Waals surface area (Å²) in [7, 11) is -3.67. The zero-order valence-corrected chi connectivity index (χ0v) is 16.7. The molecule has 27 heavy (non-hydrogen) atoms. The van der Waals surface area contributed by atoms with Gasteiger partial charge in [-0.2, -0.15) is 18.2 Å². The molecule has 1 aliphatic heterocycles. The Labute approximate surface area is 160 Å². The summed E-state index contributed by atoms with van der Waals surface area (Å²) in [5, 5.41) is 0. The van der Waals surface area contributed by atoms with E-state index in [9.17, 15) is 8.42 Å². The van der Waals surface area contributed by atoms with E-state index >= 15 is 0 Å². The average Bonchev–Trinajstić information content (AvgIpc) is 2.94. The Hall–Kier alpha value is -0.290. The van der Waals surface area contributed by atoms with Crippen LogP contribution in [0.4, 0.5) is 0 Å². The van der Waals surface area contributed by atoms with Crippen LogP contribution in [0.5, 0.6) is 0 Å². The Bertz CT molecular complexity index is 608. The molecule has 8 nitrogen and oxygen atoms in total. The number of hydrogen-bond donors (Lipinski definition) is 2. The normalized spacial score (nSPS) is 48.0. The molecule has 1 heterocycles. The Balaban J connectivity index is 0.000000323. The van der Waals surface area contributed by atoms with Gasteiger partial charge in [-0.05, 0) is 62.7 Å². The van der Waals surface area contributed by atoms with Crippen molar-refractivity contribution in [1.29, 1.82) is 0 Å². The van der Waals surface area contributed by atoms with Crippen LogP contribution >= 0.6 is 0 Å². The fourth-order valence-corrected chi connectivity index (χ4v) is 6.22. The summed E-state index contributed by atoms with van der Waals surface area (Å²) in [5.41, 5.74) is 0. The van der Waals surface area contributed by atoms with E-state index in [1.165, 1.54) is 32.1 Å². The van der Waals surface area contributed by atoms with Gasteiger partial charge in [0.15, 0.2) is 0 Å². The molecule has 6 aliphatic rings. The smallest absolute Gasteiger partial charge is 0.261 e. The first-order chi connectivity index (χ1) is 12.7. The van der Waals surface area contributed by atoms with E-state index in [0.717, 1.165) is 37.5 Å². The Morgan fingerprint density at radius 1 is 1.04 bits per heavy atom. The predicted octanol–water partition coefficient (Wildman–Crippen LogP) is 2.40. The van der Waals surface area contributed by atoms with Crippen molar-refractivity contribution in [2.75, 3.05) is 12.9 Å². The van der Waals surface area contributed by atoms with Crippen molar-refractivity contribution >= 4 is 10.1 Å².